The number of aliphatic hydroxyl groups is 2. The van der Waals surface area contributed by atoms with Gasteiger partial charge < -0.3 is 15.5 Å². The number of alkyl halides is 3. The van der Waals surface area contributed by atoms with Gasteiger partial charge in [0.15, 0.2) is 12.1 Å². The van der Waals surface area contributed by atoms with Crippen molar-refractivity contribution in [2.24, 2.45) is 4.99 Å². The molecule has 180 valence electrons. The number of benzene rings is 1. The topological polar surface area (TPSA) is 90.6 Å². The Hall–Kier alpha value is -2.08. The van der Waals surface area contributed by atoms with Gasteiger partial charge in [-0.1, -0.05) is 23.9 Å². The lowest BCUT2D eigenvalue weighted by Crippen LogP contribution is -2.33. The average Bonchev–Trinajstić information content (AvgIpc) is 2.73. The van der Waals surface area contributed by atoms with Gasteiger partial charge in [-0.15, -0.1) is 22.8 Å². The van der Waals surface area contributed by atoms with Crippen molar-refractivity contribution in [3.05, 3.63) is 52.6 Å². The fourth-order valence-corrected chi connectivity index (χ4v) is 3.96. The van der Waals surface area contributed by atoms with E-state index in [0.717, 1.165) is 17.7 Å². The summed E-state index contributed by atoms with van der Waals surface area (Å²) in [6.45, 7) is 7.54. The van der Waals surface area contributed by atoms with E-state index in [9.17, 15) is 23.4 Å². The van der Waals surface area contributed by atoms with Gasteiger partial charge in [-0.3, -0.25) is 4.99 Å². The maximum Gasteiger partial charge on any atom is 0.416 e. The highest BCUT2D eigenvalue weighted by Gasteiger charge is 2.30. The molecule has 0 atom stereocenters. The van der Waals surface area contributed by atoms with Crippen LogP contribution in [0, 0.1) is 6.92 Å². The van der Waals surface area contributed by atoms with E-state index in [-0.39, 0.29) is 0 Å². The predicted octanol–water partition coefficient (Wildman–Crippen LogP) is 5.28. The lowest BCUT2D eigenvalue weighted by Gasteiger charge is -2.25. The largest absolute Gasteiger partial charge is 0.416 e. The molecule has 2 rings (SSSR count). The number of aliphatic hydroxyl groups excluding tert-OH is 1. The standard InChI is InChI=1S/C22H27F3N4O2S2/c1-13-11-18(15-5-7-16(8-6-15)22(23,24)25)28-29-19(13)26-10-9-17(12-32)27-14(2)33-21(3,4)20(30)31/h5-8,11-12,20,30-32H,9-10H2,1-4H3,(H,26,29)/b17-12-,27-14?. The highest BCUT2D eigenvalue weighted by Crippen LogP contribution is 2.31. The van der Waals surface area contributed by atoms with E-state index in [1.807, 2.05) is 6.92 Å². The second-order valence-electron chi connectivity index (χ2n) is 7.84. The molecule has 0 saturated heterocycles. The summed E-state index contributed by atoms with van der Waals surface area (Å²) in [5, 5.41) is 32.6. The molecule has 3 N–H and O–H groups in total. The minimum Gasteiger partial charge on any atom is -0.368 e. The SMILES string of the molecule is CC(=N/C(=C\S)CCNc1nnc(-c2ccc(C(F)(F)F)cc2)cc1C)SC(C)(C)C(O)O. The highest BCUT2D eigenvalue weighted by molar-refractivity contribution is 8.15. The number of hydrogen-bond donors (Lipinski definition) is 4. The van der Waals surface area contributed by atoms with Crippen LogP contribution in [0.5, 0.6) is 0 Å². The second-order valence-corrected chi connectivity index (χ2v) is 9.95. The number of anilines is 1. The van der Waals surface area contributed by atoms with Gasteiger partial charge in [-0.25, -0.2) is 0 Å². The average molecular weight is 501 g/mol. The van der Waals surface area contributed by atoms with E-state index in [4.69, 9.17) is 0 Å². The molecule has 11 heteroatoms. The van der Waals surface area contributed by atoms with Gasteiger partial charge in [0.2, 0.25) is 0 Å². The van der Waals surface area contributed by atoms with Crippen LogP contribution < -0.4 is 5.32 Å². The van der Waals surface area contributed by atoms with Gasteiger partial charge in [0.25, 0.3) is 0 Å². The molecule has 0 aliphatic carbocycles. The number of aryl methyl sites for hydroxylation is 1. The van der Waals surface area contributed by atoms with Crippen molar-refractivity contribution in [3.63, 3.8) is 0 Å². The first-order chi connectivity index (χ1) is 15.3. The quantitative estimate of drug-likeness (QED) is 0.171. The van der Waals surface area contributed by atoms with Crippen LogP contribution in [-0.4, -0.2) is 43.0 Å². The number of aromatic nitrogens is 2. The van der Waals surface area contributed by atoms with E-state index in [2.05, 4.69) is 33.1 Å². The fourth-order valence-electron chi connectivity index (χ4n) is 2.75. The Bertz CT molecular complexity index is 1010. The van der Waals surface area contributed by atoms with Crippen molar-refractivity contribution >= 4 is 35.3 Å². The van der Waals surface area contributed by atoms with E-state index in [0.29, 0.717) is 40.8 Å². The molecule has 0 spiro atoms. The lowest BCUT2D eigenvalue weighted by molar-refractivity contribution is -0.137. The summed E-state index contributed by atoms with van der Waals surface area (Å²) in [5.74, 6) is 0.559. The second kappa shape index (κ2) is 11.4. The third kappa shape index (κ3) is 8.02. The molecule has 1 aromatic heterocycles. The zero-order valence-corrected chi connectivity index (χ0v) is 20.4. The van der Waals surface area contributed by atoms with Crippen molar-refractivity contribution in [3.8, 4) is 11.3 Å². The Morgan fingerprint density at radius 1 is 1.21 bits per heavy atom. The third-order valence-electron chi connectivity index (χ3n) is 4.65. The third-order valence-corrected chi connectivity index (χ3v) is 6.07. The number of nitrogens with zero attached hydrogens (tertiary/aromatic N) is 3. The van der Waals surface area contributed by atoms with Gasteiger partial charge in [-0.05, 0) is 56.9 Å². The van der Waals surface area contributed by atoms with Crippen LogP contribution in [0.2, 0.25) is 0 Å². The van der Waals surface area contributed by atoms with E-state index < -0.39 is 22.8 Å². The number of hydrogen-bond acceptors (Lipinski definition) is 8. The first-order valence-electron chi connectivity index (χ1n) is 10.0. The molecule has 6 nitrogen and oxygen atoms in total. The number of aliphatic imine (C=N–C) groups is 1. The Kier molecular flexibility index (Phi) is 9.36. The van der Waals surface area contributed by atoms with Crippen LogP contribution in [0.3, 0.4) is 0 Å². The normalized spacial score (nSPS) is 13.5. The van der Waals surface area contributed by atoms with Crippen LogP contribution in [0.1, 0.15) is 38.3 Å². The number of rotatable bonds is 8. The Balaban J connectivity index is 1.99. The molecule has 0 unspecified atom stereocenters. The highest BCUT2D eigenvalue weighted by atomic mass is 32.2. The summed E-state index contributed by atoms with van der Waals surface area (Å²) in [6.07, 6.45) is -5.33. The number of thioether (sulfide) groups is 1. The summed E-state index contributed by atoms with van der Waals surface area (Å²) in [5.41, 5.74) is 1.81. The molecule has 0 fully saturated rings. The van der Waals surface area contributed by atoms with Crippen LogP contribution in [0.15, 0.2) is 46.4 Å². The summed E-state index contributed by atoms with van der Waals surface area (Å²) < 4.78 is 37.4. The first kappa shape index (κ1) is 27.2. The maximum atomic E-state index is 12.7. The van der Waals surface area contributed by atoms with Crippen LogP contribution in [0.4, 0.5) is 19.0 Å². The van der Waals surface area contributed by atoms with Gasteiger partial charge >= 0.3 is 6.18 Å². The van der Waals surface area contributed by atoms with Gasteiger partial charge in [0, 0.05) is 24.2 Å². The molecule has 1 heterocycles. The molecule has 0 aliphatic rings. The van der Waals surface area contributed by atoms with Crippen molar-refractivity contribution in [2.75, 3.05) is 11.9 Å². The van der Waals surface area contributed by atoms with Crippen LogP contribution in [-0.2, 0) is 6.18 Å². The molecule has 1 aromatic carbocycles. The minimum atomic E-state index is -4.38. The molecule has 0 amide bonds. The predicted molar refractivity (Wildman–Crippen MR) is 130 cm³/mol. The van der Waals surface area contributed by atoms with E-state index >= 15 is 0 Å². The van der Waals surface area contributed by atoms with Crippen molar-refractivity contribution in [2.45, 2.75) is 51.3 Å². The first-order valence-corrected chi connectivity index (χ1v) is 11.4. The van der Waals surface area contributed by atoms with E-state index in [1.54, 1.807) is 32.2 Å². The molecule has 0 radical (unpaired) electrons. The molecular weight excluding hydrogens is 473 g/mol. The summed E-state index contributed by atoms with van der Waals surface area (Å²) in [4.78, 5) is 4.48. The monoisotopic (exact) mass is 500 g/mol. The summed E-state index contributed by atoms with van der Waals surface area (Å²) >= 11 is 5.46. The number of thiol groups is 1. The Morgan fingerprint density at radius 2 is 1.85 bits per heavy atom. The zero-order valence-electron chi connectivity index (χ0n) is 18.7. The molecule has 2 aromatic rings. The maximum absolute atomic E-state index is 12.7. The minimum absolute atomic E-state index is 0.480. The molecular formula is C22H27F3N4O2S2. The fraction of sp³-hybridized carbons (Fsp3) is 0.409. The molecule has 0 bridgehead atoms. The number of nitrogens with one attached hydrogen (secondary N) is 1. The Labute approximate surface area is 200 Å². The van der Waals surface area contributed by atoms with Gasteiger partial charge in [0.05, 0.1) is 21.0 Å². The number of halogens is 3. The zero-order chi connectivity index (χ0) is 24.8. The van der Waals surface area contributed by atoms with Crippen LogP contribution in [0.25, 0.3) is 11.3 Å². The van der Waals surface area contributed by atoms with Crippen LogP contribution >= 0.6 is 24.4 Å². The smallest absolute Gasteiger partial charge is 0.368 e. The Morgan fingerprint density at radius 3 is 2.36 bits per heavy atom. The molecule has 33 heavy (non-hydrogen) atoms. The molecule has 0 saturated carbocycles. The van der Waals surface area contributed by atoms with Crippen molar-refractivity contribution in [1.82, 2.24) is 10.2 Å². The van der Waals surface area contributed by atoms with Crippen molar-refractivity contribution < 1.29 is 23.4 Å². The van der Waals surface area contributed by atoms with Crippen molar-refractivity contribution in [1.29, 1.82) is 0 Å². The van der Waals surface area contributed by atoms with E-state index in [1.165, 1.54) is 23.9 Å². The van der Waals surface area contributed by atoms with Gasteiger partial charge in [-0.2, -0.15) is 13.2 Å². The molecule has 0 aliphatic heterocycles. The lowest BCUT2D eigenvalue weighted by atomic mass is 10.1. The summed E-state index contributed by atoms with van der Waals surface area (Å²) in [6, 6.07) is 6.55. The summed E-state index contributed by atoms with van der Waals surface area (Å²) in [7, 11) is 0. The van der Waals surface area contributed by atoms with Gasteiger partial charge in [0.1, 0.15) is 0 Å².